The molecular weight excluding hydrogens is 450 g/mol. The Morgan fingerprint density at radius 3 is 2.23 bits per heavy atom. The first kappa shape index (κ1) is 27.7. The molecule has 0 saturated carbocycles. The number of rotatable bonds is 9. The van der Waals surface area contributed by atoms with Crippen LogP contribution < -0.4 is 10.6 Å². The zero-order valence-electron chi connectivity index (χ0n) is 20.9. The van der Waals surface area contributed by atoms with Crippen LogP contribution in [0.3, 0.4) is 0 Å². The monoisotopic (exact) mass is 485 g/mol. The predicted octanol–water partition coefficient (Wildman–Crippen LogP) is 3.50. The Labute approximate surface area is 206 Å². The normalized spacial score (nSPS) is 12.9. The van der Waals surface area contributed by atoms with E-state index in [4.69, 9.17) is 4.74 Å². The Balaban J connectivity index is 2.43. The number of phenolic OH excluding ortho intramolecular Hbond substituents is 1. The molecule has 0 aromatic heterocycles. The lowest BCUT2D eigenvalue weighted by molar-refractivity contribution is -0.141. The molecule has 0 spiro atoms. The van der Waals surface area contributed by atoms with Crippen molar-refractivity contribution in [3.05, 3.63) is 59.7 Å². The maximum atomic E-state index is 13.5. The third kappa shape index (κ3) is 7.99. The van der Waals surface area contributed by atoms with Crippen LogP contribution in [0.4, 0.5) is 10.5 Å². The van der Waals surface area contributed by atoms with Gasteiger partial charge in [0.15, 0.2) is 0 Å². The number of hydrogen-bond acceptors (Lipinski definition) is 6. The largest absolute Gasteiger partial charge is 0.508 e. The number of aromatic hydroxyl groups is 1. The van der Waals surface area contributed by atoms with Gasteiger partial charge in [-0.3, -0.25) is 9.59 Å². The van der Waals surface area contributed by atoms with Gasteiger partial charge in [0.25, 0.3) is 5.91 Å². The Bertz CT molecular complexity index is 1020. The number of para-hydroxylation sites is 1. The molecule has 2 unspecified atom stereocenters. The van der Waals surface area contributed by atoms with Gasteiger partial charge in [0, 0.05) is 12.2 Å². The molecule has 2 aromatic rings. The maximum absolute atomic E-state index is 13.5. The number of aryl methyl sites for hydroxylation is 1. The van der Waals surface area contributed by atoms with Gasteiger partial charge in [0.05, 0.1) is 6.61 Å². The summed E-state index contributed by atoms with van der Waals surface area (Å²) in [6, 6.07) is 10.8. The molecule has 2 atom stereocenters. The zero-order chi connectivity index (χ0) is 26.2. The number of aliphatic hydroxyl groups excluding tert-OH is 1. The van der Waals surface area contributed by atoms with Crippen LogP contribution in [0, 0.1) is 6.92 Å². The topological polar surface area (TPSA) is 128 Å². The molecule has 2 aromatic carbocycles. The number of amides is 3. The number of phenols is 1. The van der Waals surface area contributed by atoms with Crippen molar-refractivity contribution in [2.45, 2.75) is 58.7 Å². The van der Waals surface area contributed by atoms with Crippen LogP contribution >= 0.6 is 0 Å². The summed E-state index contributed by atoms with van der Waals surface area (Å²) in [7, 11) is 0. The standard InChI is InChI=1S/C26H35N3O6/c1-6-15-29(24(33)21(16-30)28-25(34)35-26(3,4)5)22(18-11-13-19(31)14-12-18)23(32)27-20-10-8-7-9-17(20)2/h7-14,21-22,30-31H,6,15-16H2,1-5H3,(H,27,32)(H,28,34). The quantitative estimate of drug-likeness (QED) is 0.430. The van der Waals surface area contributed by atoms with E-state index in [2.05, 4.69) is 10.6 Å². The van der Waals surface area contributed by atoms with Crippen molar-refractivity contribution < 1.29 is 29.3 Å². The molecule has 0 aliphatic heterocycles. The summed E-state index contributed by atoms with van der Waals surface area (Å²) in [6.07, 6.45) is -0.338. The number of ether oxygens (including phenoxy) is 1. The van der Waals surface area contributed by atoms with Crippen LogP contribution in [0.25, 0.3) is 0 Å². The molecule has 0 fully saturated rings. The summed E-state index contributed by atoms with van der Waals surface area (Å²) < 4.78 is 5.22. The fourth-order valence-corrected chi connectivity index (χ4v) is 3.49. The van der Waals surface area contributed by atoms with E-state index in [1.165, 1.54) is 17.0 Å². The van der Waals surface area contributed by atoms with Crippen molar-refractivity contribution >= 4 is 23.6 Å². The highest BCUT2D eigenvalue weighted by Crippen LogP contribution is 2.27. The van der Waals surface area contributed by atoms with Crippen molar-refractivity contribution in [1.82, 2.24) is 10.2 Å². The molecule has 35 heavy (non-hydrogen) atoms. The summed E-state index contributed by atoms with van der Waals surface area (Å²) >= 11 is 0. The van der Waals surface area contributed by atoms with Crippen LogP contribution in [0.1, 0.15) is 51.3 Å². The summed E-state index contributed by atoms with van der Waals surface area (Å²) in [6.45, 7) is 8.25. The van der Waals surface area contributed by atoms with Crippen molar-refractivity contribution in [3.8, 4) is 5.75 Å². The van der Waals surface area contributed by atoms with Gasteiger partial charge in [0.2, 0.25) is 5.91 Å². The minimum Gasteiger partial charge on any atom is -0.508 e. The number of hydrogen-bond donors (Lipinski definition) is 4. The lowest BCUT2D eigenvalue weighted by Crippen LogP contribution is -2.54. The third-order valence-corrected chi connectivity index (χ3v) is 5.09. The van der Waals surface area contributed by atoms with Crippen molar-refractivity contribution in [1.29, 1.82) is 0 Å². The van der Waals surface area contributed by atoms with E-state index in [9.17, 15) is 24.6 Å². The van der Waals surface area contributed by atoms with Crippen molar-refractivity contribution in [2.24, 2.45) is 0 Å². The van der Waals surface area contributed by atoms with Crippen LogP contribution in [0.15, 0.2) is 48.5 Å². The first-order valence-electron chi connectivity index (χ1n) is 11.5. The second-order valence-corrected chi connectivity index (χ2v) is 9.21. The van der Waals surface area contributed by atoms with Crippen LogP contribution in [-0.2, 0) is 14.3 Å². The SMILES string of the molecule is CCCN(C(=O)C(CO)NC(=O)OC(C)(C)C)C(C(=O)Nc1ccccc1C)c1ccc(O)cc1. The van der Waals surface area contributed by atoms with E-state index in [1.807, 2.05) is 26.0 Å². The van der Waals surface area contributed by atoms with E-state index in [0.29, 0.717) is 17.7 Å². The van der Waals surface area contributed by atoms with E-state index >= 15 is 0 Å². The first-order valence-corrected chi connectivity index (χ1v) is 11.5. The number of nitrogens with one attached hydrogen (secondary N) is 2. The fourth-order valence-electron chi connectivity index (χ4n) is 3.49. The van der Waals surface area contributed by atoms with Gasteiger partial charge in [-0.05, 0) is 63.4 Å². The van der Waals surface area contributed by atoms with E-state index in [1.54, 1.807) is 45.0 Å². The lowest BCUT2D eigenvalue weighted by atomic mass is 10.0. The van der Waals surface area contributed by atoms with E-state index in [-0.39, 0.29) is 12.3 Å². The van der Waals surface area contributed by atoms with Crippen LogP contribution in [0.5, 0.6) is 5.75 Å². The number of aliphatic hydroxyl groups is 1. The first-order chi connectivity index (χ1) is 16.5. The second-order valence-electron chi connectivity index (χ2n) is 9.21. The molecule has 0 bridgehead atoms. The second kappa shape index (κ2) is 12.2. The highest BCUT2D eigenvalue weighted by Gasteiger charge is 2.36. The maximum Gasteiger partial charge on any atom is 0.408 e. The Kier molecular flexibility index (Phi) is 9.65. The number of carbonyl (C=O) groups excluding carboxylic acids is 3. The molecule has 190 valence electrons. The molecule has 0 heterocycles. The van der Waals surface area contributed by atoms with Crippen LogP contribution in [-0.4, -0.2) is 57.8 Å². The number of benzene rings is 2. The van der Waals surface area contributed by atoms with E-state index in [0.717, 1.165) is 5.56 Å². The lowest BCUT2D eigenvalue weighted by Gasteiger charge is -2.34. The number of anilines is 1. The van der Waals surface area contributed by atoms with E-state index < -0.39 is 42.2 Å². The summed E-state index contributed by atoms with van der Waals surface area (Å²) in [4.78, 5) is 40.7. The van der Waals surface area contributed by atoms with Gasteiger partial charge in [0.1, 0.15) is 23.4 Å². The molecule has 2 rings (SSSR count). The average molecular weight is 486 g/mol. The summed E-state index contributed by atoms with van der Waals surface area (Å²) in [5.41, 5.74) is 1.11. The van der Waals surface area contributed by atoms with Crippen molar-refractivity contribution in [3.63, 3.8) is 0 Å². The number of nitrogens with zero attached hydrogens (tertiary/aromatic N) is 1. The molecular formula is C26H35N3O6. The number of alkyl carbamates (subject to hydrolysis) is 1. The number of carbonyl (C=O) groups is 3. The highest BCUT2D eigenvalue weighted by atomic mass is 16.6. The minimum atomic E-state index is -1.32. The summed E-state index contributed by atoms with van der Waals surface area (Å²) in [5, 5.41) is 24.9. The zero-order valence-corrected chi connectivity index (χ0v) is 20.9. The minimum absolute atomic E-state index is 0.0139. The average Bonchev–Trinajstić information content (AvgIpc) is 2.78. The predicted molar refractivity (Wildman–Crippen MR) is 133 cm³/mol. The van der Waals surface area contributed by atoms with Gasteiger partial charge in [-0.25, -0.2) is 4.79 Å². The molecule has 0 aliphatic rings. The highest BCUT2D eigenvalue weighted by molar-refractivity contribution is 5.99. The molecule has 0 saturated heterocycles. The molecule has 3 amide bonds. The summed E-state index contributed by atoms with van der Waals surface area (Å²) in [5.74, 6) is -1.10. The molecule has 0 radical (unpaired) electrons. The van der Waals surface area contributed by atoms with Crippen LogP contribution in [0.2, 0.25) is 0 Å². The van der Waals surface area contributed by atoms with Gasteiger partial charge >= 0.3 is 6.09 Å². The Morgan fingerprint density at radius 1 is 1.06 bits per heavy atom. The Morgan fingerprint density at radius 2 is 1.69 bits per heavy atom. The van der Waals surface area contributed by atoms with Gasteiger partial charge < -0.3 is 30.5 Å². The van der Waals surface area contributed by atoms with Gasteiger partial charge in [-0.1, -0.05) is 37.3 Å². The fraction of sp³-hybridized carbons (Fsp3) is 0.423. The third-order valence-electron chi connectivity index (χ3n) is 5.09. The van der Waals surface area contributed by atoms with Gasteiger partial charge in [-0.15, -0.1) is 0 Å². The smallest absolute Gasteiger partial charge is 0.408 e. The molecule has 4 N–H and O–H groups in total. The Hall–Kier alpha value is -3.59. The molecule has 9 nitrogen and oxygen atoms in total. The van der Waals surface area contributed by atoms with Crippen molar-refractivity contribution in [2.75, 3.05) is 18.5 Å². The molecule has 9 heteroatoms. The van der Waals surface area contributed by atoms with Gasteiger partial charge in [-0.2, -0.15) is 0 Å². The molecule has 0 aliphatic carbocycles.